The van der Waals surface area contributed by atoms with Crippen LogP contribution >= 0.6 is 0 Å². The fraction of sp³-hybridized carbons (Fsp3) is 0.409. The number of hydrogen-bond donors (Lipinski definition) is 2. The largest absolute Gasteiger partial charge is 0.483 e. The van der Waals surface area contributed by atoms with Crippen molar-refractivity contribution >= 4 is 12.4 Å². The molecule has 1 aliphatic rings. The number of nitrogens with zero attached hydrogens (tertiary/aromatic N) is 2. The summed E-state index contributed by atoms with van der Waals surface area (Å²) in [4.78, 5) is 25.9. The Morgan fingerprint density at radius 3 is 2.45 bits per heavy atom. The van der Waals surface area contributed by atoms with Crippen LogP contribution in [-0.2, 0) is 17.4 Å². The van der Waals surface area contributed by atoms with Gasteiger partial charge >= 0.3 is 6.18 Å². The molecule has 0 aliphatic carbocycles. The van der Waals surface area contributed by atoms with Gasteiger partial charge in [0.25, 0.3) is 12.4 Å². The average Bonchev–Trinajstić information content (AvgIpc) is 2.79. The van der Waals surface area contributed by atoms with Crippen LogP contribution in [0, 0.1) is 17.6 Å². The fourth-order valence-electron chi connectivity index (χ4n) is 3.82. The van der Waals surface area contributed by atoms with Crippen LogP contribution in [0.1, 0.15) is 34.6 Å². The molecule has 6 nitrogen and oxygen atoms in total. The Kier molecular flexibility index (Phi) is 9.27. The highest BCUT2D eigenvalue weighted by Gasteiger charge is 2.34. The second-order valence-corrected chi connectivity index (χ2v) is 7.48. The van der Waals surface area contributed by atoms with E-state index in [1.54, 1.807) is 7.05 Å². The van der Waals surface area contributed by atoms with Crippen molar-refractivity contribution in [2.24, 2.45) is 5.92 Å². The van der Waals surface area contributed by atoms with Gasteiger partial charge in [-0.15, -0.1) is 0 Å². The average molecular weight is 473 g/mol. The van der Waals surface area contributed by atoms with Gasteiger partial charge in [-0.05, 0) is 68.1 Å². The molecule has 1 aliphatic heterocycles. The third-order valence-electron chi connectivity index (χ3n) is 5.47. The van der Waals surface area contributed by atoms with Crippen LogP contribution in [0.3, 0.4) is 0 Å². The lowest BCUT2D eigenvalue weighted by molar-refractivity contribution is -0.141. The number of likely N-dealkylation sites (N-methyl/N-ethyl adjacent to an activating group) is 1. The van der Waals surface area contributed by atoms with E-state index < -0.39 is 29.4 Å². The molecule has 0 bridgehead atoms. The summed E-state index contributed by atoms with van der Waals surface area (Å²) in [5, 5.41) is 10.0. The maximum absolute atomic E-state index is 14.0. The summed E-state index contributed by atoms with van der Waals surface area (Å²) in [6.07, 6.45) is -3.14. The van der Waals surface area contributed by atoms with Crippen LogP contribution in [0.15, 0.2) is 36.4 Å². The van der Waals surface area contributed by atoms with Gasteiger partial charge < -0.3 is 15.3 Å². The molecule has 1 amide bonds. The first kappa shape index (κ1) is 26.2. The molecule has 1 saturated heterocycles. The zero-order valence-corrected chi connectivity index (χ0v) is 17.8. The highest BCUT2D eigenvalue weighted by molar-refractivity contribution is 5.92. The van der Waals surface area contributed by atoms with Crippen LogP contribution in [0.2, 0.25) is 0 Å². The molecule has 180 valence electrons. The number of pyridine rings is 1. The van der Waals surface area contributed by atoms with Gasteiger partial charge in [0.15, 0.2) is 0 Å². The Bertz CT molecular complexity index is 947. The molecule has 33 heavy (non-hydrogen) atoms. The van der Waals surface area contributed by atoms with Gasteiger partial charge in [0.1, 0.15) is 23.0 Å². The molecule has 1 aromatic carbocycles. The lowest BCUT2D eigenvalue weighted by Crippen LogP contribution is -2.45. The van der Waals surface area contributed by atoms with Crippen LogP contribution in [0.25, 0.3) is 0 Å². The van der Waals surface area contributed by atoms with Crippen LogP contribution in [0.5, 0.6) is 0 Å². The predicted molar refractivity (Wildman–Crippen MR) is 109 cm³/mol. The van der Waals surface area contributed by atoms with E-state index in [9.17, 15) is 26.7 Å². The highest BCUT2D eigenvalue weighted by Crippen LogP contribution is 2.28. The summed E-state index contributed by atoms with van der Waals surface area (Å²) < 4.78 is 65.9. The number of carboxylic acid groups (broad SMARTS) is 1. The first-order valence-corrected chi connectivity index (χ1v) is 10.1. The molecule has 1 fully saturated rings. The van der Waals surface area contributed by atoms with Crippen molar-refractivity contribution in [2.45, 2.75) is 31.5 Å². The standard InChI is InChI=1S/C21H22F5N3O.CH2O2/c1-27-18(12-14-11-15(22)5-6-16(14)23)13-7-9-29(10-8-13)20(30)17-3-2-4-19(28-17)21(24,25)26;2-1-3/h2-6,11,13,18,27H,7-10,12H2,1H3;1H,(H,2,3). The number of nitrogens with one attached hydrogen (secondary N) is 1. The quantitative estimate of drug-likeness (QED) is 0.511. The zero-order valence-electron chi connectivity index (χ0n) is 17.8. The summed E-state index contributed by atoms with van der Waals surface area (Å²) in [5.41, 5.74) is -1.06. The second kappa shape index (κ2) is 11.7. The number of alkyl halides is 3. The van der Waals surface area contributed by atoms with Gasteiger partial charge in [0.2, 0.25) is 0 Å². The molecule has 1 aromatic heterocycles. The number of piperidine rings is 1. The minimum atomic E-state index is -4.62. The van der Waals surface area contributed by atoms with Gasteiger partial charge in [-0.1, -0.05) is 6.07 Å². The van der Waals surface area contributed by atoms with Crippen LogP contribution < -0.4 is 5.32 Å². The predicted octanol–water partition coefficient (Wildman–Crippen LogP) is 3.76. The molecule has 2 heterocycles. The number of amides is 1. The summed E-state index contributed by atoms with van der Waals surface area (Å²) in [6.45, 7) is 0.455. The number of rotatable bonds is 5. The second-order valence-electron chi connectivity index (χ2n) is 7.48. The minimum Gasteiger partial charge on any atom is -0.483 e. The Labute approximate surface area is 187 Å². The summed E-state index contributed by atoms with van der Waals surface area (Å²) in [7, 11) is 1.74. The van der Waals surface area contributed by atoms with Gasteiger partial charge in [0.05, 0.1) is 0 Å². The van der Waals surface area contributed by atoms with E-state index in [0.717, 1.165) is 18.2 Å². The number of benzene rings is 1. The number of hydrogen-bond acceptors (Lipinski definition) is 4. The van der Waals surface area contributed by atoms with Crippen molar-refractivity contribution in [3.63, 3.8) is 0 Å². The SMILES string of the molecule is CNC(Cc1cc(F)ccc1F)C1CCN(C(=O)c2cccc(C(F)(F)F)n2)CC1.O=CO. The molecule has 2 N–H and O–H groups in total. The first-order chi connectivity index (χ1) is 15.6. The normalized spacial score (nSPS) is 15.4. The topological polar surface area (TPSA) is 82.5 Å². The van der Waals surface area contributed by atoms with Crippen molar-refractivity contribution < 1.29 is 36.6 Å². The molecule has 0 radical (unpaired) electrons. The molecule has 11 heteroatoms. The third-order valence-corrected chi connectivity index (χ3v) is 5.47. The number of aromatic nitrogens is 1. The van der Waals surface area contributed by atoms with Crippen molar-refractivity contribution in [2.75, 3.05) is 20.1 Å². The van der Waals surface area contributed by atoms with E-state index >= 15 is 0 Å². The molecule has 3 rings (SSSR count). The Morgan fingerprint density at radius 2 is 1.88 bits per heavy atom. The van der Waals surface area contributed by atoms with Crippen LogP contribution in [-0.4, -0.2) is 53.5 Å². The Balaban J connectivity index is 0.00000122. The number of carbonyl (C=O) groups is 2. The van der Waals surface area contributed by atoms with E-state index in [2.05, 4.69) is 10.3 Å². The molecule has 1 unspecified atom stereocenters. The van der Waals surface area contributed by atoms with Gasteiger partial charge in [0, 0.05) is 19.1 Å². The molecule has 1 atom stereocenters. The Hall–Kier alpha value is -3.08. The molecular formula is C22H24F5N3O3. The van der Waals surface area contributed by atoms with Gasteiger partial charge in [-0.3, -0.25) is 9.59 Å². The van der Waals surface area contributed by atoms with Crippen molar-refractivity contribution in [3.05, 3.63) is 65.0 Å². The van der Waals surface area contributed by atoms with E-state index in [4.69, 9.17) is 9.90 Å². The number of carbonyl (C=O) groups excluding carboxylic acids is 1. The first-order valence-electron chi connectivity index (χ1n) is 10.1. The van der Waals surface area contributed by atoms with E-state index in [-0.39, 0.29) is 29.7 Å². The van der Waals surface area contributed by atoms with E-state index in [1.165, 1.54) is 23.1 Å². The summed E-state index contributed by atoms with van der Waals surface area (Å²) in [5.74, 6) is -1.41. The van der Waals surface area contributed by atoms with Gasteiger partial charge in [-0.2, -0.15) is 13.2 Å². The van der Waals surface area contributed by atoms with E-state index in [0.29, 0.717) is 32.4 Å². The minimum absolute atomic E-state index is 0.108. The van der Waals surface area contributed by atoms with Crippen molar-refractivity contribution in [3.8, 4) is 0 Å². The zero-order chi connectivity index (χ0) is 24.6. The number of likely N-dealkylation sites (tertiary alicyclic amines) is 1. The van der Waals surface area contributed by atoms with Crippen LogP contribution in [0.4, 0.5) is 22.0 Å². The maximum Gasteiger partial charge on any atom is 0.433 e. The monoisotopic (exact) mass is 473 g/mol. The van der Waals surface area contributed by atoms with Crippen molar-refractivity contribution in [1.29, 1.82) is 0 Å². The molecule has 0 spiro atoms. The fourth-order valence-corrected chi connectivity index (χ4v) is 3.82. The lowest BCUT2D eigenvalue weighted by Gasteiger charge is -2.36. The molecule has 0 saturated carbocycles. The molecular weight excluding hydrogens is 449 g/mol. The third kappa shape index (κ3) is 7.21. The van der Waals surface area contributed by atoms with Gasteiger partial charge in [-0.25, -0.2) is 13.8 Å². The maximum atomic E-state index is 14.0. The Morgan fingerprint density at radius 1 is 1.24 bits per heavy atom. The van der Waals surface area contributed by atoms with E-state index in [1.807, 2.05) is 0 Å². The summed E-state index contributed by atoms with van der Waals surface area (Å²) in [6, 6.07) is 6.49. The molecule has 2 aromatic rings. The lowest BCUT2D eigenvalue weighted by atomic mass is 9.85. The van der Waals surface area contributed by atoms with Crippen molar-refractivity contribution in [1.82, 2.24) is 15.2 Å². The summed E-state index contributed by atoms with van der Waals surface area (Å²) >= 11 is 0. The number of halogens is 5. The smallest absolute Gasteiger partial charge is 0.433 e. The highest BCUT2D eigenvalue weighted by atomic mass is 19.4.